The Balaban J connectivity index is 2.64. The number of aromatic nitrogens is 1. The molecule has 98 valence electrons. The molecule has 6 heteroatoms. The summed E-state index contributed by atoms with van der Waals surface area (Å²) in [4.78, 5) is 36.8. The van der Waals surface area contributed by atoms with E-state index in [9.17, 15) is 14.4 Å². The van der Waals surface area contributed by atoms with Crippen molar-refractivity contribution < 1.29 is 19.1 Å². The van der Waals surface area contributed by atoms with Crippen LogP contribution in [0, 0.1) is 0 Å². The highest BCUT2D eigenvalue weighted by molar-refractivity contribution is 6.00. The molecule has 0 spiro atoms. The predicted octanol–water partition coefficient (Wildman–Crippen LogP) is 0.899. The van der Waals surface area contributed by atoms with Gasteiger partial charge in [0.05, 0.1) is 6.61 Å². The molecule has 0 aromatic carbocycles. The molecule has 0 radical (unpaired) electrons. The van der Waals surface area contributed by atoms with Gasteiger partial charge in [-0.1, -0.05) is 0 Å². The highest BCUT2D eigenvalue weighted by Gasteiger charge is 2.18. The summed E-state index contributed by atoms with van der Waals surface area (Å²) < 4.78 is 4.77. The minimum absolute atomic E-state index is 0.135. The third-order valence-corrected chi connectivity index (χ3v) is 2.32. The zero-order chi connectivity index (χ0) is 13.7. The molecule has 0 bridgehead atoms. The number of rotatable bonds is 5. The maximum Gasteiger partial charge on any atom is 0.328 e. The zero-order valence-electron chi connectivity index (χ0n) is 10.6. The molecule has 1 unspecified atom stereocenters. The van der Waals surface area contributed by atoms with E-state index in [-0.39, 0.29) is 18.1 Å². The number of carbonyl (C=O) groups is 3. The molecular formula is C12H16N2O4. The summed E-state index contributed by atoms with van der Waals surface area (Å²) in [5.74, 6) is -1.09. The van der Waals surface area contributed by atoms with E-state index in [4.69, 9.17) is 4.74 Å². The van der Waals surface area contributed by atoms with Crippen LogP contribution in [0.2, 0.25) is 0 Å². The molecule has 18 heavy (non-hydrogen) atoms. The minimum Gasteiger partial charge on any atom is -0.464 e. The Labute approximate surface area is 105 Å². The molecular weight excluding hydrogens is 236 g/mol. The zero-order valence-corrected chi connectivity index (χ0v) is 10.6. The van der Waals surface area contributed by atoms with Gasteiger partial charge in [-0.05, 0) is 26.8 Å². The number of aromatic amines is 1. The molecule has 1 heterocycles. The Bertz CT molecular complexity index is 464. The molecule has 6 nitrogen and oxygen atoms in total. The Hall–Kier alpha value is -2.11. The van der Waals surface area contributed by atoms with E-state index < -0.39 is 17.9 Å². The molecule has 1 atom stereocenters. The summed E-state index contributed by atoms with van der Waals surface area (Å²) in [6.07, 6.45) is 1.45. The van der Waals surface area contributed by atoms with E-state index in [0.717, 1.165) is 0 Å². The first-order valence-corrected chi connectivity index (χ1v) is 5.62. The molecule has 1 amide bonds. The van der Waals surface area contributed by atoms with Gasteiger partial charge in [-0.2, -0.15) is 0 Å². The molecule has 1 aromatic rings. The summed E-state index contributed by atoms with van der Waals surface area (Å²) in [6.45, 7) is 4.89. The minimum atomic E-state index is -0.735. The third-order valence-electron chi connectivity index (χ3n) is 2.32. The lowest BCUT2D eigenvalue weighted by Crippen LogP contribution is -2.39. The molecule has 1 rings (SSSR count). The summed E-state index contributed by atoms with van der Waals surface area (Å²) >= 11 is 0. The maximum absolute atomic E-state index is 11.7. The first-order valence-electron chi connectivity index (χ1n) is 5.62. The van der Waals surface area contributed by atoms with Crippen molar-refractivity contribution in [3.8, 4) is 0 Å². The van der Waals surface area contributed by atoms with Gasteiger partial charge < -0.3 is 15.0 Å². The van der Waals surface area contributed by atoms with E-state index in [2.05, 4.69) is 10.3 Å². The number of Topliss-reactive ketones (excluding diaryl/α,β-unsaturated/α-hetero) is 1. The normalized spacial score (nSPS) is 11.7. The van der Waals surface area contributed by atoms with Gasteiger partial charge in [-0.15, -0.1) is 0 Å². The van der Waals surface area contributed by atoms with Crippen molar-refractivity contribution in [1.82, 2.24) is 10.3 Å². The lowest BCUT2D eigenvalue weighted by atomic mass is 10.2. The largest absolute Gasteiger partial charge is 0.464 e. The van der Waals surface area contributed by atoms with Crippen LogP contribution >= 0.6 is 0 Å². The second-order valence-electron chi connectivity index (χ2n) is 3.81. The van der Waals surface area contributed by atoms with Gasteiger partial charge in [0.2, 0.25) is 0 Å². The van der Waals surface area contributed by atoms with E-state index in [1.54, 1.807) is 6.92 Å². The van der Waals surface area contributed by atoms with E-state index in [1.807, 2.05) is 0 Å². The fourth-order valence-corrected chi connectivity index (χ4v) is 1.33. The lowest BCUT2D eigenvalue weighted by molar-refractivity contribution is -0.144. The number of esters is 1. The van der Waals surface area contributed by atoms with Crippen LogP contribution in [-0.4, -0.2) is 35.3 Å². The van der Waals surface area contributed by atoms with Crippen LogP contribution in [0.3, 0.4) is 0 Å². The van der Waals surface area contributed by atoms with Crippen molar-refractivity contribution in [2.24, 2.45) is 0 Å². The van der Waals surface area contributed by atoms with Gasteiger partial charge >= 0.3 is 5.97 Å². The second kappa shape index (κ2) is 6.00. The fourth-order valence-electron chi connectivity index (χ4n) is 1.33. The molecule has 2 N–H and O–H groups in total. The first-order chi connectivity index (χ1) is 8.45. The SMILES string of the molecule is CCOC(=O)C(C)NC(=O)c1cc(C(C)=O)c[nH]1. The summed E-state index contributed by atoms with van der Waals surface area (Å²) in [5, 5.41) is 2.48. The number of carbonyl (C=O) groups excluding carboxylic acids is 3. The maximum atomic E-state index is 11.7. The Morgan fingerprint density at radius 3 is 2.61 bits per heavy atom. The molecule has 0 aliphatic rings. The highest BCUT2D eigenvalue weighted by atomic mass is 16.5. The Kier molecular flexibility index (Phi) is 4.65. The van der Waals surface area contributed by atoms with Crippen molar-refractivity contribution in [3.05, 3.63) is 23.5 Å². The number of ether oxygens (including phenoxy) is 1. The number of hydrogen-bond donors (Lipinski definition) is 2. The number of nitrogens with one attached hydrogen (secondary N) is 2. The molecule has 0 fully saturated rings. The number of amides is 1. The van der Waals surface area contributed by atoms with Crippen molar-refractivity contribution in [1.29, 1.82) is 0 Å². The van der Waals surface area contributed by atoms with Crippen molar-refractivity contribution >= 4 is 17.7 Å². The molecule has 0 saturated carbocycles. The standard InChI is InChI=1S/C12H16N2O4/c1-4-18-12(17)7(2)14-11(16)10-5-9(6-13-10)8(3)15/h5-7,13H,4H2,1-3H3,(H,14,16). The van der Waals surface area contributed by atoms with Crippen LogP contribution in [0.25, 0.3) is 0 Å². The third kappa shape index (κ3) is 3.44. The molecule has 1 aromatic heterocycles. The predicted molar refractivity (Wildman–Crippen MR) is 64.4 cm³/mol. The number of hydrogen-bond acceptors (Lipinski definition) is 4. The van der Waals surface area contributed by atoms with Crippen molar-refractivity contribution in [2.75, 3.05) is 6.61 Å². The second-order valence-corrected chi connectivity index (χ2v) is 3.81. The first kappa shape index (κ1) is 14.0. The van der Waals surface area contributed by atoms with E-state index in [1.165, 1.54) is 26.1 Å². The molecule has 0 aliphatic carbocycles. The van der Waals surface area contributed by atoms with Gasteiger partial charge in [0.1, 0.15) is 11.7 Å². The van der Waals surface area contributed by atoms with Crippen LogP contribution in [0.1, 0.15) is 41.6 Å². The van der Waals surface area contributed by atoms with Crippen LogP contribution in [0.4, 0.5) is 0 Å². The Morgan fingerprint density at radius 1 is 1.44 bits per heavy atom. The van der Waals surface area contributed by atoms with Crippen LogP contribution in [0.5, 0.6) is 0 Å². The quantitative estimate of drug-likeness (QED) is 0.602. The lowest BCUT2D eigenvalue weighted by Gasteiger charge is -2.11. The average Bonchev–Trinajstić information content (AvgIpc) is 2.78. The van der Waals surface area contributed by atoms with Crippen LogP contribution in [-0.2, 0) is 9.53 Å². The van der Waals surface area contributed by atoms with Gasteiger partial charge in [-0.3, -0.25) is 9.59 Å². The van der Waals surface area contributed by atoms with Gasteiger partial charge in [-0.25, -0.2) is 4.79 Å². The topological polar surface area (TPSA) is 88.3 Å². The highest BCUT2D eigenvalue weighted by Crippen LogP contribution is 2.04. The Morgan fingerprint density at radius 2 is 2.11 bits per heavy atom. The van der Waals surface area contributed by atoms with Gasteiger partial charge in [0, 0.05) is 11.8 Å². The summed E-state index contributed by atoms with van der Waals surface area (Å²) in [6, 6.07) is 0.705. The van der Waals surface area contributed by atoms with Gasteiger partial charge in [0.15, 0.2) is 5.78 Å². The number of H-pyrrole nitrogens is 1. The van der Waals surface area contributed by atoms with E-state index in [0.29, 0.717) is 5.56 Å². The average molecular weight is 252 g/mol. The van der Waals surface area contributed by atoms with Gasteiger partial charge in [0.25, 0.3) is 5.91 Å². The number of ketones is 1. The molecule has 0 saturated heterocycles. The van der Waals surface area contributed by atoms with Crippen molar-refractivity contribution in [3.63, 3.8) is 0 Å². The van der Waals surface area contributed by atoms with Crippen LogP contribution in [0.15, 0.2) is 12.3 Å². The smallest absolute Gasteiger partial charge is 0.328 e. The summed E-state index contributed by atoms with van der Waals surface area (Å²) in [5.41, 5.74) is 0.653. The molecule has 0 aliphatic heterocycles. The van der Waals surface area contributed by atoms with E-state index >= 15 is 0 Å². The monoisotopic (exact) mass is 252 g/mol. The fraction of sp³-hybridized carbons (Fsp3) is 0.417. The summed E-state index contributed by atoms with van der Waals surface area (Å²) in [7, 11) is 0. The van der Waals surface area contributed by atoms with Crippen LogP contribution < -0.4 is 5.32 Å². The van der Waals surface area contributed by atoms with Crippen molar-refractivity contribution in [2.45, 2.75) is 26.8 Å².